The molecule has 0 spiro atoms. The lowest BCUT2D eigenvalue weighted by molar-refractivity contribution is -0.121. The average Bonchev–Trinajstić information content (AvgIpc) is 2.67. The summed E-state index contributed by atoms with van der Waals surface area (Å²) in [4.78, 5) is 14.6. The summed E-state index contributed by atoms with van der Waals surface area (Å²) in [7, 11) is -1.13. The predicted octanol–water partition coefficient (Wildman–Crippen LogP) is 2.33. The number of amides is 1. The second kappa shape index (κ2) is 9.58. The Hall–Kier alpha value is -2.30. The van der Waals surface area contributed by atoms with Crippen molar-refractivity contribution >= 4 is 27.7 Å². The Kier molecular flexibility index (Phi) is 7.45. The monoisotopic (exact) mass is 414 g/mol. The van der Waals surface area contributed by atoms with Crippen molar-refractivity contribution in [3.63, 3.8) is 0 Å². The molecule has 0 saturated carbocycles. The number of hydrazine groups is 1. The van der Waals surface area contributed by atoms with E-state index in [-0.39, 0.29) is 22.9 Å². The molecule has 146 valence electrons. The van der Waals surface area contributed by atoms with E-state index < -0.39 is 15.9 Å². The van der Waals surface area contributed by atoms with E-state index in [1.807, 2.05) is 4.83 Å². The maximum Gasteiger partial charge on any atom is 0.257 e. The summed E-state index contributed by atoms with van der Waals surface area (Å²) in [6, 6.07) is 9.96. The van der Waals surface area contributed by atoms with Gasteiger partial charge in [0.2, 0.25) is 5.91 Å². The highest BCUT2D eigenvalue weighted by Gasteiger charge is 2.17. The van der Waals surface area contributed by atoms with Crippen LogP contribution < -0.4 is 19.7 Å². The van der Waals surface area contributed by atoms with Crippen molar-refractivity contribution in [3.05, 3.63) is 48.3 Å². The minimum absolute atomic E-state index is 0.0799. The third-order valence-corrected chi connectivity index (χ3v) is 5.66. The zero-order valence-electron chi connectivity index (χ0n) is 14.7. The molecule has 0 heterocycles. The Morgan fingerprint density at radius 3 is 2.37 bits per heavy atom. The lowest BCUT2D eigenvalue weighted by Gasteiger charge is -2.11. The van der Waals surface area contributed by atoms with Crippen molar-refractivity contribution in [1.82, 2.24) is 10.3 Å². The number of hydrogen-bond donors (Lipinski definition) is 2. The van der Waals surface area contributed by atoms with Crippen LogP contribution in [0.25, 0.3) is 0 Å². The van der Waals surface area contributed by atoms with E-state index in [0.717, 1.165) is 4.90 Å². The van der Waals surface area contributed by atoms with Gasteiger partial charge in [0, 0.05) is 23.1 Å². The highest BCUT2D eigenvalue weighted by Crippen LogP contribution is 2.29. The van der Waals surface area contributed by atoms with Gasteiger partial charge in [0.1, 0.15) is 5.82 Å². The molecular weight excluding hydrogens is 395 g/mol. The summed E-state index contributed by atoms with van der Waals surface area (Å²) in [6.07, 6.45) is 0.0799. The highest BCUT2D eigenvalue weighted by atomic mass is 32.2. The van der Waals surface area contributed by atoms with Crippen LogP contribution in [0.3, 0.4) is 0 Å². The van der Waals surface area contributed by atoms with Gasteiger partial charge in [-0.15, -0.1) is 16.6 Å². The Morgan fingerprint density at radius 2 is 1.74 bits per heavy atom. The van der Waals surface area contributed by atoms with Crippen LogP contribution in [0.1, 0.15) is 6.42 Å². The van der Waals surface area contributed by atoms with E-state index in [2.05, 4.69) is 5.43 Å². The smallest absolute Gasteiger partial charge is 0.257 e. The number of thioether (sulfide) groups is 1. The van der Waals surface area contributed by atoms with Gasteiger partial charge in [-0.1, -0.05) is 0 Å². The predicted molar refractivity (Wildman–Crippen MR) is 99.8 cm³/mol. The van der Waals surface area contributed by atoms with Crippen molar-refractivity contribution in [3.8, 4) is 11.5 Å². The number of carbonyl (C=O) groups is 1. The minimum Gasteiger partial charge on any atom is -0.493 e. The molecule has 0 aliphatic heterocycles. The molecule has 0 aliphatic carbocycles. The fourth-order valence-electron chi connectivity index (χ4n) is 2.02. The van der Waals surface area contributed by atoms with Crippen molar-refractivity contribution in [2.45, 2.75) is 16.2 Å². The van der Waals surface area contributed by atoms with Crippen LogP contribution in [-0.4, -0.2) is 34.3 Å². The summed E-state index contributed by atoms with van der Waals surface area (Å²) < 4.78 is 47.5. The van der Waals surface area contributed by atoms with Crippen molar-refractivity contribution in [1.29, 1.82) is 0 Å². The molecule has 0 aliphatic rings. The van der Waals surface area contributed by atoms with Gasteiger partial charge in [-0.05, 0) is 36.4 Å². The molecule has 0 bridgehead atoms. The molecule has 1 amide bonds. The van der Waals surface area contributed by atoms with Crippen LogP contribution in [-0.2, 0) is 14.8 Å². The molecule has 0 atom stereocenters. The lowest BCUT2D eigenvalue weighted by Crippen LogP contribution is -2.41. The van der Waals surface area contributed by atoms with Crippen LogP contribution >= 0.6 is 11.8 Å². The first-order valence-electron chi connectivity index (χ1n) is 7.77. The standard InChI is InChI=1S/C17H19FN2O5S2/c1-24-15-8-7-14(11-16(15)25-2)27(22,23)20-19-17(21)9-10-26-13-5-3-12(18)4-6-13/h3-8,11,20H,9-10H2,1-2H3,(H,19,21). The van der Waals surface area contributed by atoms with Gasteiger partial charge >= 0.3 is 0 Å². The number of carbonyl (C=O) groups excluding carboxylic acids is 1. The van der Waals surface area contributed by atoms with E-state index in [1.165, 1.54) is 56.3 Å². The number of nitrogens with one attached hydrogen (secondary N) is 2. The summed E-state index contributed by atoms with van der Waals surface area (Å²) in [5.74, 6) is 0.228. The normalized spacial score (nSPS) is 11.1. The maximum atomic E-state index is 12.8. The molecule has 10 heteroatoms. The number of rotatable bonds is 9. The molecule has 27 heavy (non-hydrogen) atoms. The fraction of sp³-hybridized carbons (Fsp3) is 0.235. The number of hydrogen-bond acceptors (Lipinski definition) is 6. The number of benzene rings is 2. The van der Waals surface area contributed by atoms with Gasteiger partial charge < -0.3 is 9.47 Å². The Bertz CT molecular complexity index is 889. The van der Waals surface area contributed by atoms with Gasteiger partial charge in [-0.3, -0.25) is 10.2 Å². The minimum atomic E-state index is -3.96. The summed E-state index contributed by atoms with van der Waals surface area (Å²) >= 11 is 1.36. The highest BCUT2D eigenvalue weighted by molar-refractivity contribution is 7.99. The number of ether oxygens (including phenoxy) is 2. The van der Waals surface area contributed by atoms with Gasteiger partial charge in [0.15, 0.2) is 11.5 Å². The zero-order chi connectivity index (χ0) is 19.9. The SMILES string of the molecule is COc1ccc(S(=O)(=O)NNC(=O)CCSc2ccc(F)cc2)cc1OC. The van der Waals surface area contributed by atoms with E-state index in [0.29, 0.717) is 11.5 Å². The van der Waals surface area contributed by atoms with Crippen LogP contribution in [0.4, 0.5) is 4.39 Å². The molecule has 0 radical (unpaired) electrons. The third-order valence-electron chi connectivity index (χ3n) is 3.40. The van der Waals surface area contributed by atoms with Crippen molar-refractivity contribution < 1.29 is 27.1 Å². The molecule has 7 nitrogen and oxygen atoms in total. The number of sulfonamides is 1. The molecule has 0 unspecified atom stereocenters. The maximum absolute atomic E-state index is 12.8. The quantitative estimate of drug-likeness (QED) is 0.483. The van der Waals surface area contributed by atoms with Crippen molar-refractivity contribution in [2.24, 2.45) is 0 Å². The zero-order valence-corrected chi connectivity index (χ0v) is 16.3. The van der Waals surface area contributed by atoms with Crippen molar-refractivity contribution in [2.75, 3.05) is 20.0 Å². The Labute approximate surface area is 161 Å². The Morgan fingerprint density at radius 1 is 1.07 bits per heavy atom. The summed E-state index contributed by atoms with van der Waals surface area (Å²) in [5, 5.41) is 0. The lowest BCUT2D eigenvalue weighted by atomic mass is 10.3. The van der Waals surface area contributed by atoms with E-state index >= 15 is 0 Å². The first-order valence-corrected chi connectivity index (χ1v) is 10.2. The summed E-state index contributed by atoms with van der Waals surface area (Å²) in [5.41, 5.74) is 2.16. The summed E-state index contributed by atoms with van der Waals surface area (Å²) in [6.45, 7) is 0. The molecule has 2 rings (SSSR count). The molecule has 0 saturated heterocycles. The molecule has 0 aromatic heterocycles. The van der Waals surface area contributed by atoms with E-state index in [1.54, 1.807) is 12.1 Å². The molecule has 0 fully saturated rings. The van der Waals surface area contributed by atoms with Crippen LogP contribution in [0, 0.1) is 5.82 Å². The molecule has 2 N–H and O–H groups in total. The number of methoxy groups -OCH3 is 2. The van der Waals surface area contributed by atoms with Gasteiger partial charge in [0.25, 0.3) is 10.0 Å². The third kappa shape index (κ3) is 6.12. The first-order chi connectivity index (χ1) is 12.9. The van der Waals surface area contributed by atoms with Gasteiger partial charge in [0.05, 0.1) is 19.1 Å². The van der Waals surface area contributed by atoms with Gasteiger partial charge in [-0.25, -0.2) is 12.8 Å². The van der Waals surface area contributed by atoms with E-state index in [4.69, 9.17) is 9.47 Å². The van der Waals surface area contributed by atoms with Gasteiger partial charge in [-0.2, -0.15) is 0 Å². The van der Waals surface area contributed by atoms with Crippen LogP contribution in [0.5, 0.6) is 11.5 Å². The second-order valence-electron chi connectivity index (χ2n) is 5.22. The van der Waals surface area contributed by atoms with E-state index in [9.17, 15) is 17.6 Å². The topological polar surface area (TPSA) is 93.7 Å². The molecule has 2 aromatic carbocycles. The molecular formula is C17H19FN2O5S2. The largest absolute Gasteiger partial charge is 0.493 e. The van der Waals surface area contributed by atoms with Crippen LogP contribution in [0.15, 0.2) is 52.3 Å². The fourth-order valence-corrected chi connectivity index (χ4v) is 3.75. The molecule has 2 aromatic rings. The average molecular weight is 414 g/mol. The second-order valence-corrected chi connectivity index (χ2v) is 8.07. The Balaban J connectivity index is 1.87. The van der Waals surface area contributed by atoms with Crippen LogP contribution in [0.2, 0.25) is 0 Å². The first kappa shape index (κ1) is 21.0. The number of halogens is 1.